The second-order valence-electron chi connectivity index (χ2n) is 7.78. The van der Waals surface area contributed by atoms with Gasteiger partial charge >= 0.3 is 0 Å². The van der Waals surface area contributed by atoms with Crippen molar-refractivity contribution in [3.05, 3.63) is 0 Å². The van der Waals surface area contributed by atoms with Gasteiger partial charge in [-0.05, 0) is 87.4 Å². The molecule has 1 heteroatoms. The molecule has 0 spiro atoms. The number of rotatable bonds is 3. The molecule has 0 amide bonds. The van der Waals surface area contributed by atoms with Crippen LogP contribution in [0.3, 0.4) is 0 Å². The van der Waals surface area contributed by atoms with Crippen LogP contribution in [-0.4, -0.2) is 5.54 Å². The fraction of sp³-hybridized carbons (Fsp3) is 1.00. The molecule has 0 aromatic rings. The van der Waals surface area contributed by atoms with Gasteiger partial charge in [-0.2, -0.15) is 0 Å². The van der Waals surface area contributed by atoms with Crippen LogP contribution in [0, 0.1) is 23.2 Å². The predicted octanol–water partition coefficient (Wildman–Crippen LogP) is 3.47. The van der Waals surface area contributed by atoms with Crippen molar-refractivity contribution in [2.75, 3.05) is 0 Å². The van der Waals surface area contributed by atoms with Crippen molar-refractivity contribution in [3.8, 4) is 0 Å². The summed E-state index contributed by atoms with van der Waals surface area (Å²) in [4.78, 5) is 0. The minimum absolute atomic E-state index is 0.295. The average Bonchev–Trinajstić information content (AvgIpc) is 2.93. The molecule has 16 heavy (non-hydrogen) atoms. The molecule has 1 nitrogen and oxygen atoms in total. The zero-order chi connectivity index (χ0) is 10.8. The van der Waals surface area contributed by atoms with Gasteiger partial charge in [0.15, 0.2) is 0 Å². The van der Waals surface area contributed by atoms with E-state index in [0.29, 0.717) is 5.54 Å². The summed E-state index contributed by atoms with van der Waals surface area (Å²) < 4.78 is 0. The van der Waals surface area contributed by atoms with E-state index in [1.54, 1.807) is 38.5 Å². The smallest absolute Gasteiger partial charge is 0.0155 e. The van der Waals surface area contributed by atoms with Crippen molar-refractivity contribution < 1.29 is 0 Å². The van der Waals surface area contributed by atoms with Crippen LogP contribution in [0.15, 0.2) is 0 Å². The zero-order valence-electron chi connectivity index (χ0n) is 10.4. The van der Waals surface area contributed by atoms with Crippen LogP contribution in [0.4, 0.5) is 0 Å². The first-order chi connectivity index (χ1) is 7.65. The summed E-state index contributed by atoms with van der Waals surface area (Å²) in [6.07, 6.45) is 14.8. The maximum Gasteiger partial charge on any atom is 0.0155 e. The molecule has 0 radical (unpaired) electrons. The van der Waals surface area contributed by atoms with Crippen LogP contribution in [0.25, 0.3) is 0 Å². The van der Waals surface area contributed by atoms with E-state index in [1.165, 1.54) is 25.7 Å². The third kappa shape index (κ3) is 1.54. The Kier molecular flexibility index (Phi) is 1.89. The second kappa shape index (κ2) is 3.04. The van der Waals surface area contributed by atoms with Crippen LogP contribution in [0.2, 0.25) is 0 Å². The first-order valence-electron chi connectivity index (χ1n) is 7.44. The lowest BCUT2D eigenvalue weighted by atomic mass is 9.48. The summed E-state index contributed by atoms with van der Waals surface area (Å²) in [5.74, 6) is 3.33. The summed E-state index contributed by atoms with van der Waals surface area (Å²) in [6, 6.07) is 0. The van der Waals surface area contributed by atoms with Gasteiger partial charge in [0.05, 0.1) is 0 Å². The summed E-state index contributed by atoms with van der Waals surface area (Å²) in [6.45, 7) is 0. The van der Waals surface area contributed by atoms with Crippen molar-refractivity contribution >= 4 is 0 Å². The lowest BCUT2D eigenvalue weighted by Crippen LogP contribution is -2.46. The first-order valence-corrected chi connectivity index (χ1v) is 7.44. The van der Waals surface area contributed by atoms with E-state index in [0.717, 1.165) is 23.2 Å². The summed E-state index contributed by atoms with van der Waals surface area (Å²) >= 11 is 0. The van der Waals surface area contributed by atoms with Crippen molar-refractivity contribution in [1.82, 2.24) is 0 Å². The molecule has 2 N–H and O–H groups in total. The predicted molar refractivity (Wildman–Crippen MR) is 66.0 cm³/mol. The molecule has 0 saturated heterocycles. The Hall–Kier alpha value is -0.0400. The Morgan fingerprint density at radius 3 is 1.75 bits per heavy atom. The maximum atomic E-state index is 6.28. The van der Waals surface area contributed by atoms with Crippen LogP contribution in [0.5, 0.6) is 0 Å². The highest BCUT2D eigenvalue weighted by molar-refractivity contribution is 5.05. The Balaban J connectivity index is 1.49. The Morgan fingerprint density at radius 2 is 1.31 bits per heavy atom. The molecular formula is C15H25N. The lowest BCUT2D eigenvalue weighted by molar-refractivity contribution is -0.0592. The normalized spacial score (nSPS) is 51.9. The minimum Gasteiger partial charge on any atom is -0.325 e. The molecule has 0 heterocycles. The molecule has 0 atom stereocenters. The highest BCUT2D eigenvalue weighted by atomic mass is 14.8. The molecule has 0 aliphatic heterocycles. The van der Waals surface area contributed by atoms with Gasteiger partial charge in [0.1, 0.15) is 0 Å². The third-order valence-electron chi connectivity index (χ3n) is 6.21. The SMILES string of the molecule is NC1(CCC23CC4CC(CC(C4)C2)C3)CC1. The van der Waals surface area contributed by atoms with E-state index in [9.17, 15) is 0 Å². The molecule has 0 aromatic carbocycles. The highest BCUT2D eigenvalue weighted by Crippen LogP contribution is 2.62. The molecule has 5 aliphatic carbocycles. The van der Waals surface area contributed by atoms with Crippen LogP contribution in [-0.2, 0) is 0 Å². The third-order valence-corrected chi connectivity index (χ3v) is 6.21. The number of hydrogen-bond donors (Lipinski definition) is 1. The molecule has 5 rings (SSSR count). The molecule has 5 saturated carbocycles. The van der Waals surface area contributed by atoms with Gasteiger partial charge in [-0.1, -0.05) is 0 Å². The summed E-state index contributed by atoms with van der Waals surface area (Å²) in [5.41, 5.74) is 7.34. The van der Waals surface area contributed by atoms with Gasteiger partial charge in [0, 0.05) is 5.54 Å². The van der Waals surface area contributed by atoms with E-state index in [2.05, 4.69) is 0 Å². The molecule has 5 aliphatic rings. The Labute approximate surface area is 99.2 Å². The zero-order valence-corrected chi connectivity index (χ0v) is 10.4. The second-order valence-corrected chi connectivity index (χ2v) is 7.78. The Bertz CT molecular complexity index is 267. The topological polar surface area (TPSA) is 26.0 Å². The number of nitrogens with two attached hydrogens (primary N) is 1. The van der Waals surface area contributed by atoms with Crippen molar-refractivity contribution in [2.45, 2.75) is 69.7 Å². The summed E-state index contributed by atoms with van der Waals surface area (Å²) in [5, 5.41) is 0. The van der Waals surface area contributed by atoms with E-state index < -0.39 is 0 Å². The molecule has 5 fully saturated rings. The van der Waals surface area contributed by atoms with Crippen LogP contribution < -0.4 is 5.73 Å². The minimum atomic E-state index is 0.295. The van der Waals surface area contributed by atoms with Crippen molar-refractivity contribution in [2.24, 2.45) is 28.9 Å². The average molecular weight is 219 g/mol. The van der Waals surface area contributed by atoms with Crippen molar-refractivity contribution in [1.29, 1.82) is 0 Å². The van der Waals surface area contributed by atoms with E-state index in [-0.39, 0.29) is 0 Å². The fourth-order valence-corrected chi connectivity index (χ4v) is 5.52. The van der Waals surface area contributed by atoms with E-state index in [4.69, 9.17) is 5.73 Å². The molecular weight excluding hydrogens is 194 g/mol. The first kappa shape index (κ1) is 9.94. The molecule has 4 bridgehead atoms. The van der Waals surface area contributed by atoms with Gasteiger partial charge in [-0.15, -0.1) is 0 Å². The van der Waals surface area contributed by atoms with Crippen LogP contribution in [0.1, 0.15) is 64.2 Å². The monoisotopic (exact) mass is 219 g/mol. The largest absolute Gasteiger partial charge is 0.325 e. The van der Waals surface area contributed by atoms with Gasteiger partial charge in [0.25, 0.3) is 0 Å². The molecule has 0 unspecified atom stereocenters. The lowest BCUT2D eigenvalue weighted by Gasteiger charge is -2.57. The van der Waals surface area contributed by atoms with E-state index >= 15 is 0 Å². The van der Waals surface area contributed by atoms with Gasteiger partial charge in [0.2, 0.25) is 0 Å². The van der Waals surface area contributed by atoms with Gasteiger partial charge in [-0.3, -0.25) is 0 Å². The van der Waals surface area contributed by atoms with Crippen molar-refractivity contribution in [3.63, 3.8) is 0 Å². The standard InChI is InChI=1S/C15H25N/c16-15(3-4-15)2-1-14-8-11-5-12(9-14)7-13(6-11)10-14/h11-13H,1-10,16H2. The van der Waals surface area contributed by atoms with E-state index in [1.807, 2.05) is 0 Å². The molecule has 90 valence electrons. The number of hydrogen-bond acceptors (Lipinski definition) is 1. The molecule has 0 aromatic heterocycles. The quantitative estimate of drug-likeness (QED) is 0.772. The van der Waals surface area contributed by atoms with Crippen LogP contribution >= 0.6 is 0 Å². The van der Waals surface area contributed by atoms with Gasteiger partial charge < -0.3 is 5.73 Å². The highest BCUT2D eigenvalue weighted by Gasteiger charge is 2.51. The summed E-state index contributed by atoms with van der Waals surface area (Å²) in [7, 11) is 0. The Morgan fingerprint density at radius 1 is 0.812 bits per heavy atom. The van der Waals surface area contributed by atoms with Gasteiger partial charge in [-0.25, -0.2) is 0 Å². The maximum absolute atomic E-state index is 6.28. The fourth-order valence-electron chi connectivity index (χ4n) is 5.52.